The molecule has 1 amide bonds. The molecule has 0 bridgehead atoms. The van der Waals surface area contributed by atoms with E-state index in [-0.39, 0.29) is 24.0 Å². The molecule has 0 fully saturated rings. The Balaban J connectivity index is 2.20. The molecule has 2 aromatic rings. The third-order valence-electron chi connectivity index (χ3n) is 3.77. The van der Waals surface area contributed by atoms with Crippen LogP contribution in [0, 0.1) is 12.7 Å². The van der Waals surface area contributed by atoms with Gasteiger partial charge < -0.3 is 20.5 Å². The number of ether oxygens (including phenoxy) is 1. The maximum absolute atomic E-state index is 14.8. The zero-order valence-corrected chi connectivity index (χ0v) is 19.3. The highest BCUT2D eigenvalue weighted by molar-refractivity contribution is 9.11. The van der Waals surface area contributed by atoms with Crippen LogP contribution in [0.4, 0.5) is 10.1 Å². The van der Waals surface area contributed by atoms with E-state index in [1.54, 1.807) is 12.1 Å². The van der Waals surface area contributed by atoms with Gasteiger partial charge in [0.05, 0.1) is 14.6 Å². The van der Waals surface area contributed by atoms with Gasteiger partial charge in [0, 0.05) is 17.2 Å². The molecule has 0 heterocycles. The van der Waals surface area contributed by atoms with Gasteiger partial charge in [0.25, 0.3) is 5.91 Å². The molecule has 2 rings (SSSR count). The van der Waals surface area contributed by atoms with Crippen molar-refractivity contribution in [2.45, 2.75) is 33.4 Å². The molecule has 9 heteroatoms. The first-order valence-corrected chi connectivity index (χ1v) is 10.3. The average Bonchev–Trinajstić information content (AvgIpc) is 2.61. The molecule has 0 aliphatic rings. The fourth-order valence-electron chi connectivity index (χ4n) is 2.60. The number of benzene rings is 2. The SMILES string of the molecule is Cc1cc(COc2c(Br)cc(C(=O)NCC(=O)O)cc2Br)c(F)c(NC(C)C)c1. The quantitative estimate of drug-likeness (QED) is 0.452. The van der Waals surface area contributed by atoms with Crippen molar-refractivity contribution < 1.29 is 23.8 Å². The highest BCUT2D eigenvalue weighted by Crippen LogP contribution is 2.36. The van der Waals surface area contributed by atoms with Crippen LogP contribution in [-0.2, 0) is 11.4 Å². The molecule has 6 nitrogen and oxygen atoms in total. The lowest BCUT2D eigenvalue weighted by Gasteiger charge is -2.16. The normalized spacial score (nSPS) is 10.7. The number of rotatable bonds is 8. The van der Waals surface area contributed by atoms with Crippen molar-refractivity contribution in [3.63, 3.8) is 0 Å². The smallest absolute Gasteiger partial charge is 0.322 e. The predicted octanol–water partition coefficient (Wildman–Crippen LogP) is 4.87. The molecule has 0 atom stereocenters. The molecule has 0 aliphatic carbocycles. The highest BCUT2D eigenvalue weighted by Gasteiger charge is 2.16. The third-order valence-corrected chi connectivity index (χ3v) is 4.95. The van der Waals surface area contributed by atoms with E-state index in [1.165, 1.54) is 12.1 Å². The van der Waals surface area contributed by atoms with Gasteiger partial charge in [-0.25, -0.2) is 4.39 Å². The molecule has 3 N–H and O–H groups in total. The number of nitrogens with one attached hydrogen (secondary N) is 2. The maximum Gasteiger partial charge on any atom is 0.322 e. The van der Waals surface area contributed by atoms with Gasteiger partial charge in [-0.2, -0.15) is 0 Å². The van der Waals surface area contributed by atoms with Gasteiger partial charge in [0.2, 0.25) is 0 Å². The van der Waals surface area contributed by atoms with E-state index in [2.05, 4.69) is 42.5 Å². The number of anilines is 1. The number of hydrogen-bond acceptors (Lipinski definition) is 4. The molecular formula is C20H21Br2FN2O4. The van der Waals surface area contributed by atoms with E-state index in [0.29, 0.717) is 25.9 Å². The van der Waals surface area contributed by atoms with E-state index in [4.69, 9.17) is 9.84 Å². The predicted molar refractivity (Wildman–Crippen MR) is 116 cm³/mol. The van der Waals surface area contributed by atoms with Crippen molar-refractivity contribution in [2.75, 3.05) is 11.9 Å². The molecule has 0 spiro atoms. The topological polar surface area (TPSA) is 87.7 Å². The summed E-state index contributed by atoms with van der Waals surface area (Å²) >= 11 is 6.69. The summed E-state index contributed by atoms with van der Waals surface area (Å²) in [5.41, 5.74) is 1.97. The van der Waals surface area contributed by atoms with E-state index >= 15 is 0 Å². The van der Waals surface area contributed by atoms with Crippen LogP contribution in [-0.4, -0.2) is 29.6 Å². The van der Waals surface area contributed by atoms with Crippen LogP contribution < -0.4 is 15.4 Å². The second-order valence-electron chi connectivity index (χ2n) is 6.72. The van der Waals surface area contributed by atoms with Crippen LogP contribution in [0.15, 0.2) is 33.2 Å². The Bertz CT molecular complexity index is 912. The van der Waals surface area contributed by atoms with Gasteiger partial charge >= 0.3 is 5.97 Å². The van der Waals surface area contributed by atoms with Crippen LogP contribution in [0.25, 0.3) is 0 Å². The second kappa shape index (κ2) is 10.1. The number of hydrogen-bond donors (Lipinski definition) is 3. The Morgan fingerprint density at radius 1 is 1.17 bits per heavy atom. The van der Waals surface area contributed by atoms with E-state index in [0.717, 1.165) is 5.56 Å². The minimum absolute atomic E-state index is 0.0119. The van der Waals surface area contributed by atoms with Crippen LogP contribution >= 0.6 is 31.9 Å². The first-order valence-electron chi connectivity index (χ1n) is 8.76. The summed E-state index contributed by atoms with van der Waals surface area (Å²) in [6.07, 6.45) is 0. The fraction of sp³-hybridized carbons (Fsp3) is 0.300. The molecule has 0 saturated carbocycles. The number of carboxylic acids is 1. The van der Waals surface area contributed by atoms with Crippen LogP contribution in [0.5, 0.6) is 5.75 Å². The summed E-state index contributed by atoms with van der Waals surface area (Å²) in [7, 11) is 0. The minimum Gasteiger partial charge on any atom is -0.486 e. The van der Waals surface area contributed by atoms with Crippen molar-refractivity contribution in [3.05, 3.63) is 55.7 Å². The van der Waals surface area contributed by atoms with Crippen LogP contribution in [0.2, 0.25) is 0 Å². The van der Waals surface area contributed by atoms with Crippen LogP contribution in [0.3, 0.4) is 0 Å². The molecule has 0 aliphatic heterocycles. The number of carboxylic acid groups (broad SMARTS) is 1. The number of carbonyl (C=O) groups excluding carboxylic acids is 1. The zero-order chi connectivity index (χ0) is 21.7. The Kier molecular flexibility index (Phi) is 8.04. The first-order chi connectivity index (χ1) is 13.6. The van der Waals surface area contributed by atoms with Crippen molar-refractivity contribution >= 4 is 49.4 Å². The van der Waals surface area contributed by atoms with Gasteiger partial charge in [-0.05, 0) is 82.5 Å². The van der Waals surface area contributed by atoms with Gasteiger partial charge in [-0.3, -0.25) is 9.59 Å². The Hall–Kier alpha value is -2.13. The number of carbonyl (C=O) groups is 2. The molecule has 0 unspecified atom stereocenters. The lowest BCUT2D eigenvalue weighted by molar-refractivity contribution is -0.135. The standard InChI is InChI=1S/C20H21Br2FN2O4/c1-10(2)25-16-5-11(3)4-13(18(16)23)9-29-19-14(21)6-12(7-15(19)22)20(28)24-8-17(26)27/h4-7,10,25H,8-9H2,1-3H3,(H,24,28)(H,26,27). The molecule has 156 valence electrons. The Morgan fingerprint density at radius 3 is 2.34 bits per heavy atom. The highest BCUT2D eigenvalue weighted by atomic mass is 79.9. The second-order valence-corrected chi connectivity index (χ2v) is 8.43. The molecule has 0 saturated heterocycles. The van der Waals surface area contributed by atoms with E-state index in [1.807, 2.05) is 20.8 Å². The summed E-state index contributed by atoms with van der Waals surface area (Å²) < 4.78 is 21.5. The summed E-state index contributed by atoms with van der Waals surface area (Å²) in [4.78, 5) is 22.6. The van der Waals surface area contributed by atoms with E-state index in [9.17, 15) is 14.0 Å². The summed E-state index contributed by atoms with van der Waals surface area (Å²) in [6.45, 7) is 5.25. The van der Waals surface area contributed by atoms with Crippen molar-refractivity contribution in [1.82, 2.24) is 5.32 Å². The lowest BCUT2D eigenvalue weighted by atomic mass is 10.1. The Labute approximate surface area is 185 Å². The molecule has 0 aromatic heterocycles. The third kappa shape index (κ3) is 6.43. The van der Waals surface area contributed by atoms with Crippen LogP contribution in [0.1, 0.15) is 35.3 Å². The molecule has 0 radical (unpaired) electrons. The number of aliphatic carboxylic acids is 1. The molecular weight excluding hydrogens is 511 g/mol. The Morgan fingerprint density at radius 2 is 1.79 bits per heavy atom. The zero-order valence-electron chi connectivity index (χ0n) is 16.1. The maximum atomic E-state index is 14.8. The lowest BCUT2D eigenvalue weighted by Crippen LogP contribution is -2.29. The summed E-state index contributed by atoms with van der Waals surface area (Å²) in [5, 5.41) is 14.0. The number of aryl methyl sites for hydroxylation is 1. The molecule has 2 aromatic carbocycles. The van der Waals surface area contributed by atoms with Gasteiger partial charge in [0.1, 0.15) is 18.9 Å². The fourth-order valence-corrected chi connectivity index (χ4v) is 4.02. The molecule has 29 heavy (non-hydrogen) atoms. The van der Waals surface area contributed by atoms with Gasteiger partial charge in [-0.15, -0.1) is 0 Å². The summed E-state index contributed by atoms with van der Waals surface area (Å²) in [5.74, 6) is -1.64. The number of halogens is 3. The minimum atomic E-state index is -1.14. The number of amides is 1. The van der Waals surface area contributed by atoms with Gasteiger partial charge in [-0.1, -0.05) is 0 Å². The van der Waals surface area contributed by atoms with Crippen molar-refractivity contribution in [3.8, 4) is 5.75 Å². The largest absolute Gasteiger partial charge is 0.486 e. The van der Waals surface area contributed by atoms with Crippen molar-refractivity contribution in [1.29, 1.82) is 0 Å². The first kappa shape index (κ1) is 23.2. The monoisotopic (exact) mass is 530 g/mol. The van der Waals surface area contributed by atoms with E-state index < -0.39 is 18.4 Å². The summed E-state index contributed by atoms with van der Waals surface area (Å²) in [6, 6.07) is 6.57. The van der Waals surface area contributed by atoms with Gasteiger partial charge in [0.15, 0.2) is 5.82 Å². The van der Waals surface area contributed by atoms with Crippen molar-refractivity contribution in [2.24, 2.45) is 0 Å². The average molecular weight is 532 g/mol.